The number of amides is 1. The maximum Gasteiger partial charge on any atom is 0.246 e. The number of rotatable bonds is 5. The summed E-state index contributed by atoms with van der Waals surface area (Å²) >= 11 is 0. The van der Waals surface area contributed by atoms with Crippen molar-refractivity contribution in [2.24, 2.45) is 0 Å². The molecule has 0 bridgehead atoms. The van der Waals surface area contributed by atoms with Crippen LogP contribution in [0.25, 0.3) is 0 Å². The van der Waals surface area contributed by atoms with E-state index < -0.39 is 11.6 Å². The number of fused-ring (bicyclic) bond motifs is 2. The third kappa shape index (κ3) is 4.75. The minimum Gasteiger partial charge on any atom is -0.367 e. The largest absolute Gasteiger partial charge is 0.367 e. The van der Waals surface area contributed by atoms with Gasteiger partial charge >= 0.3 is 0 Å². The average Bonchev–Trinajstić information content (AvgIpc) is 3.19. The van der Waals surface area contributed by atoms with Gasteiger partial charge in [0.15, 0.2) is 17.5 Å². The van der Waals surface area contributed by atoms with Crippen molar-refractivity contribution in [2.75, 3.05) is 34.0 Å². The van der Waals surface area contributed by atoms with Crippen molar-refractivity contribution in [1.29, 1.82) is 0 Å². The van der Waals surface area contributed by atoms with Gasteiger partial charge in [-0.15, -0.1) is 0 Å². The summed E-state index contributed by atoms with van der Waals surface area (Å²) in [5, 5.41) is 6.15. The molecule has 10 heteroatoms. The third-order valence-corrected chi connectivity index (χ3v) is 6.57. The first-order valence-electron chi connectivity index (χ1n) is 11.3. The predicted molar refractivity (Wildman–Crippen MR) is 139 cm³/mol. The summed E-state index contributed by atoms with van der Waals surface area (Å²) in [6, 6.07) is 10.4. The summed E-state index contributed by atoms with van der Waals surface area (Å²) in [5.41, 5.74) is 5.12. The van der Waals surface area contributed by atoms with E-state index in [0.29, 0.717) is 42.7 Å². The number of carbonyl (C=O) groups excluding carboxylic acids is 1. The highest BCUT2D eigenvalue weighted by molar-refractivity contribution is 7.59. The van der Waals surface area contributed by atoms with E-state index in [1.54, 1.807) is 0 Å². The molecule has 1 atom stereocenters. The van der Waals surface area contributed by atoms with E-state index in [1.165, 1.54) is 12.1 Å². The lowest BCUT2D eigenvalue weighted by atomic mass is 10.1. The number of aryl methyl sites for hydroxylation is 1. The first kappa shape index (κ1) is 24.7. The topological polar surface area (TPSA) is 73.4 Å². The molecule has 0 saturated heterocycles. The van der Waals surface area contributed by atoms with Crippen molar-refractivity contribution >= 4 is 42.5 Å². The summed E-state index contributed by atoms with van der Waals surface area (Å²) in [6.45, 7) is 5.60. The second kappa shape index (κ2) is 9.69. The van der Waals surface area contributed by atoms with Crippen LogP contribution in [0.5, 0.6) is 0 Å². The Labute approximate surface area is 210 Å². The maximum absolute atomic E-state index is 13.7. The van der Waals surface area contributed by atoms with Gasteiger partial charge in [-0.25, -0.2) is 13.8 Å². The van der Waals surface area contributed by atoms with Gasteiger partial charge in [-0.1, -0.05) is 24.3 Å². The van der Waals surface area contributed by atoms with Gasteiger partial charge in [0.2, 0.25) is 11.9 Å². The molecule has 0 radical (unpaired) electrons. The van der Waals surface area contributed by atoms with Gasteiger partial charge in [-0.2, -0.15) is 18.5 Å². The van der Waals surface area contributed by atoms with Crippen LogP contribution in [0.15, 0.2) is 36.4 Å². The van der Waals surface area contributed by atoms with Gasteiger partial charge in [-0.05, 0) is 43.0 Å². The van der Waals surface area contributed by atoms with E-state index in [-0.39, 0.29) is 25.4 Å². The molecule has 0 aliphatic carbocycles. The standard InChI is InChI=1S/C25H26F2N6O.H2S/c1-14-22-23(32(3)15(2)24(34)30-22)31-25(29-14)28-12-16-4-6-17(7-5-16)13-33-9-8-18-10-19(26)20(27)11-21(18)33;/h4-7,10-11,15H,8-9,12-13H2,1-3H3,(H,30,34)(H,28,29,31);1H2/t15-;/m0./s1. The molecule has 2 aliphatic rings. The first-order valence-corrected chi connectivity index (χ1v) is 11.3. The highest BCUT2D eigenvalue weighted by atomic mass is 32.1. The normalized spacial score (nSPS) is 16.4. The van der Waals surface area contributed by atoms with Gasteiger partial charge in [0, 0.05) is 38.4 Å². The van der Waals surface area contributed by atoms with Crippen LogP contribution in [0, 0.1) is 18.6 Å². The van der Waals surface area contributed by atoms with E-state index >= 15 is 0 Å². The molecule has 3 aromatic rings. The lowest BCUT2D eigenvalue weighted by Gasteiger charge is -2.32. The van der Waals surface area contributed by atoms with Gasteiger partial charge in [0.05, 0.1) is 5.69 Å². The van der Waals surface area contributed by atoms with Crippen LogP contribution in [0.2, 0.25) is 0 Å². The fraction of sp³-hybridized carbons (Fsp3) is 0.320. The van der Waals surface area contributed by atoms with E-state index in [1.807, 2.05) is 50.1 Å². The fourth-order valence-electron chi connectivity index (χ4n) is 4.40. The number of anilines is 4. The molecule has 2 aromatic carbocycles. The summed E-state index contributed by atoms with van der Waals surface area (Å²) in [7, 11) is 1.85. The monoisotopic (exact) mass is 498 g/mol. The Hall–Kier alpha value is -3.40. The Morgan fingerprint density at radius 2 is 1.80 bits per heavy atom. The quantitative estimate of drug-likeness (QED) is 0.551. The molecule has 0 fully saturated rings. The van der Waals surface area contributed by atoms with Crippen LogP contribution in [0.3, 0.4) is 0 Å². The van der Waals surface area contributed by atoms with Crippen LogP contribution in [0.1, 0.15) is 29.3 Å². The summed E-state index contributed by atoms with van der Waals surface area (Å²) < 4.78 is 27.2. The predicted octanol–water partition coefficient (Wildman–Crippen LogP) is 4.13. The number of hydrogen-bond donors (Lipinski definition) is 2. The second-order valence-electron chi connectivity index (χ2n) is 8.84. The maximum atomic E-state index is 13.7. The van der Waals surface area contributed by atoms with Gasteiger partial charge in [-0.3, -0.25) is 4.79 Å². The van der Waals surface area contributed by atoms with E-state index in [4.69, 9.17) is 0 Å². The molecule has 3 heterocycles. The number of carbonyl (C=O) groups is 1. The molecule has 1 amide bonds. The molecule has 184 valence electrons. The minimum atomic E-state index is -0.810. The molecule has 7 nitrogen and oxygen atoms in total. The van der Waals surface area contributed by atoms with Gasteiger partial charge < -0.3 is 20.4 Å². The Kier molecular flexibility index (Phi) is 6.84. The first-order chi connectivity index (χ1) is 16.3. The Bertz CT molecular complexity index is 1270. The van der Waals surface area contributed by atoms with Crippen molar-refractivity contribution in [2.45, 2.75) is 39.4 Å². The smallest absolute Gasteiger partial charge is 0.246 e. The summed E-state index contributed by atoms with van der Waals surface area (Å²) in [6.07, 6.45) is 0.715. The number of benzene rings is 2. The van der Waals surface area contributed by atoms with Crippen LogP contribution in [-0.4, -0.2) is 35.5 Å². The van der Waals surface area contributed by atoms with Gasteiger partial charge in [0.25, 0.3) is 0 Å². The lowest BCUT2D eigenvalue weighted by molar-refractivity contribution is -0.117. The van der Waals surface area contributed by atoms with Crippen LogP contribution in [0.4, 0.5) is 31.9 Å². The third-order valence-electron chi connectivity index (χ3n) is 6.57. The number of aromatic nitrogens is 2. The summed E-state index contributed by atoms with van der Waals surface area (Å²) in [4.78, 5) is 25.1. The zero-order valence-electron chi connectivity index (χ0n) is 19.8. The molecule has 5 rings (SSSR count). The van der Waals surface area contributed by atoms with Crippen molar-refractivity contribution in [3.8, 4) is 0 Å². The van der Waals surface area contributed by atoms with E-state index in [9.17, 15) is 13.6 Å². The fourth-order valence-corrected chi connectivity index (χ4v) is 4.40. The Morgan fingerprint density at radius 1 is 1.11 bits per heavy atom. The summed E-state index contributed by atoms with van der Waals surface area (Å²) in [5.74, 6) is -0.480. The van der Waals surface area contributed by atoms with E-state index in [2.05, 4.69) is 25.5 Å². The van der Waals surface area contributed by atoms with Crippen molar-refractivity contribution < 1.29 is 13.6 Å². The molecule has 1 aromatic heterocycles. The number of nitrogens with one attached hydrogen (secondary N) is 2. The van der Waals surface area contributed by atoms with Crippen molar-refractivity contribution in [3.63, 3.8) is 0 Å². The zero-order valence-corrected chi connectivity index (χ0v) is 20.8. The highest BCUT2D eigenvalue weighted by Crippen LogP contribution is 2.33. The Morgan fingerprint density at radius 3 is 2.54 bits per heavy atom. The van der Waals surface area contributed by atoms with Crippen molar-refractivity contribution in [1.82, 2.24) is 9.97 Å². The average molecular weight is 499 g/mol. The SMILES string of the molecule is Cc1nc(NCc2ccc(CN3CCc4cc(F)c(F)cc43)cc2)nc2c1NC(=O)[C@H](C)N2C.S. The molecular formula is C25H28F2N6OS. The second-order valence-corrected chi connectivity index (χ2v) is 8.84. The molecule has 0 spiro atoms. The number of halogens is 2. The number of likely N-dealkylation sites (N-methyl/N-ethyl adjacent to an activating group) is 1. The van der Waals surface area contributed by atoms with Crippen molar-refractivity contribution in [3.05, 3.63) is 70.4 Å². The zero-order chi connectivity index (χ0) is 24.0. The highest BCUT2D eigenvalue weighted by Gasteiger charge is 2.30. The number of nitrogens with zero attached hydrogens (tertiary/aromatic N) is 4. The molecule has 2 N–H and O–H groups in total. The van der Waals surface area contributed by atoms with Crippen LogP contribution in [-0.2, 0) is 24.3 Å². The molecule has 0 unspecified atom stereocenters. The molecule has 0 saturated carbocycles. The molecular weight excluding hydrogens is 470 g/mol. The van der Waals surface area contributed by atoms with Crippen LogP contribution >= 0.6 is 13.5 Å². The number of hydrogen-bond acceptors (Lipinski definition) is 6. The molecule has 2 aliphatic heterocycles. The van der Waals surface area contributed by atoms with Crippen LogP contribution < -0.4 is 20.4 Å². The van der Waals surface area contributed by atoms with E-state index in [0.717, 1.165) is 28.9 Å². The van der Waals surface area contributed by atoms with Gasteiger partial charge in [0.1, 0.15) is 11.7 Å². The lowest BCUT2D eigenvalue weighted by Crippen LogP contribution is -2.44. The Balaban J connectivity index is 0.00000289. The molecule has 35 heavy (non-hydrogen) atoms. The minimum absolute atomic E-state index is 0.